The Bertz CT molecular complexity index is 849. The Morgan fingerprint density at radius 3 is 1.35 bits per heavy atom. The SMILES string of the molecule is CCCCCCCCCCCCCCCCCCCCCCCCC(=O)N[C@@H](CO[C@@H]1O[C@H](CO)[C@H](O)C(O)C1O)[C@H](O)[C@H](O)CCCCCCCCCC. The normalized spacial score (nSPS) is 21.8. The van der Waals surface area contributed by atoms with E-state index in [1.807, 2.05) is 0 Å². The number of aliphatic hydroxyl groups excluding tert-OH is 6. The summed E-state index contributed by atoms with van der Waals surface area (Å²) in [6.07, 6.45) is 28.5. The van der Waals surface area contributed by atoms with Gasteiger partial charge in [-0.2, -0.15) is 0 Å². The molecule has 0 saturated carbocycles. The van der Waals surface area contributed by atoms with Crippen molar-refractivity contribution in [2.45, 2.75) is 268 Å². The molecule has 0 aromatic heterocycles. The van der Waals surface area contributed by atoms with E-state index in [2.05, 4.69) is 19.2 Å². The van der Waals surface area contributed by atoms with E-state index in [9.17, 15) is 35.4 Å². The standard InChI is InChI=1S/C45H89NO9/c1-3-5-7-9-11-13-14-15-16-17-18-19-20-21-22-23-24-25-26-28-30-32-34-40(49)46-37(36-54-45-44(53)43(52)42(51)39(35-47)55-45)41(50)38(48)33-31-29-27-12-10-8-6-4-2/h37-39,41-45,47-48,50-53H,3-36H2,1-2H3,(H,46,49)/t37-,38+,39+,41-,42-,43?,44?,45+/m0/s1. The molecule has 1 rings (SSSR count). The number of nitrogens with one attached hydrogen (secondary N) is 1. The molecule has 1 fully saturated rings. The van der Waals surface area contributed by atoms with E-state index in [1.54, 1.807) is 0 Å². The van der Waals surface area contributed by atoms with Gasteiger partial charge in [-0.3, -0.25) is 4.79 Å². The van der Waals surface area contributed by atoms with Crippen molar-refractivity contribution in [3.8, 4) is 0 Å². The summed E-state index contributed by atoms with van der Waals surface area (Å²) in [5.74, 6) is -0.256. The fourth-order valence-corrected chi connectivity index (χ4v) is 7.73. The van der Waals surface area contributed by atoms with Crippen LogP contribution in [-0.4, -0.2) is 98.7 Å². The summed E-state index contributed by atoms with van der Waals surface area (Å²) in [5, 5.41) is 64.9. The summed E-state index contributed by atoms with van der Waals surface area (Å²) < 4.78 is 11.1. The fourth-order valence-electron chi connectivity index (χ4n) is 7.73. The Hall–Kier alpha value is -0.850. The van der Waals surface area contributed by atoms with Gasteiger partial charge in [0.15, 0.2) is 6.29 Å². The van der Waals surface area contributed by atoms with Crippen LogP contribution in [0.4, 0.5) is 0 Å². The van der Waals surface area contributed by atoms with Crippen LogP contribution in [0, 0.1) is 0 Å². The molecule has 1 heterocycles. The van der Waals surface area contributed by atoms with Crippen molar-refractivity contribution in [3.63, 3.8) is 0 Å². The minimum atomic E-state index is -1.60. The van der Waals surface area contributed by atoms with Crippen molar-refractivity contribution < 1.29 is 44.9 Å². The quantitative estimate of drug-likeness (QED) is 0.0302. The summed E-state index contributed by atoms with van der Waals surface area (Å²) in [7, 11) is 0. The number of carbonyl (C=O) groups excluding carboxylic acids is 1. The molecule has 328 valence electrons. The number of hydrogen-bond acceptors (Lipinski definition) is 9. The summed E-state index contributed by atoms with van der Waals surface area (Å²) >= 11 is 0. The molecule has 55 heavy (non-hydrogen) atoms. The lowest BCUT2D eigenvalue weighted by Gasteiger charge is -2.40. The van der Waals surface area contributed by atoms with Gasteiger partial charge in [-0.05, 0) is 12.8 Å². The van der Waals surface area contributed by atoms with Gasteiger partial charge in [0.25, 0.3) is 0 Å². The van der Waals surface area contributed by atoms with E-state index in [-0.39, 0.29) is 18.9 Å². The van der Waals surface area contributed by atoms with Gasteiger partial charge in [0.1, 0.15) is 30.5 Å². The molecule has 1 saturated heterocycles. The number of carbonyl (C=O) groups is 1. The first kappa shape index (κ1) is 52.2. The Morgan fingerprint density at radius 1 is 0.564 bits per heavy atom. The molecule has 7 N–H and O–H groups in total. The average Bonchev–Trinajstić information content (AvgIpc) is 3.18. The molecule has 1 aliphatic heterocycles. The molecule has 0 aliphatic carbocycles. The second-order valence-corrected chi connectivity index (χ2v) is 16.7. The van der Waals surface area contributed by atoms with E-state index in [1.165, 1.54) is 148 Å². The largest absolute Gasteiger partial charge is 0.394 e. The number of rotatable bonds is 39. The van der Waals surface area contributed by atoms with Gasteiger partial charge in [-0.25, -0.2) is 0 Å². The Labute approximate surface area is 336 Å². The van der Waals surface area contributed by atoms with Crippen molar-refractivity contribution in [3.05, 3.63) is 0 Å². The zero-order valence-electron chi connectivity index (χ0n) is 35.6. The van der Waals surface area contributed by atoms with E-state index >= 15 is 0 Å². The van der Waals surface area contributed by atoms with Crippen LogP contribution in [0.2, 0.25) is 0 Å². The van der Waals surface area contributed by atoms with Crippen LogP contribution < -0.4 is 5.32 Å². The second kappa shape index (κ2) is 36.2. The van der Waals surface area contributed by atoms with Crippen LogP contribution in [-0.2, 0) is 14.3 Å². The maximum absolute atomic E-state index is 13.0. The van der Waals surface area contributed by atoms with Gasteiger partial charge >= 0.3 is 0 Å². The predicted octanol–water partition coefficient (Wildman–Crippen LogP) is 8.53. The smallest absolute Gasteiger partial charge is 0.220 e. The zero-order chi connectivity index (χ0) is 40.4. The monoisotopic (exact) mass is 788 g/mol. The van der Waals surface area contributed by atoms with Crippen LogP contribution >= 0.6 is 0 Å². The molecule has 1 amide bonds. The second-order valence-electron chi connectivity index (χ2n) is 16.7. The molecular formula is C45H89NO9. The van der Waals surface area contributed by atoms with Gasteiger partial charge in [-0.1, -0.05) is 200 Å². The minimum absolute atomic E-state index is 0.256. The van der Waals surface area contributed by atoms with Gasteiger partial charge < -0.3 is 45.4 Å². The van der Waals surface area contributed by atoms with Crippen LogP contribution in [0.1, 0.15) is 219 Å². The Morgan fingerprint density at radius 2 is 0.945 bits per heavy atom. The van der Waals surface area contributed by atoms with E-state index in [4.69, 9.17) is 9.47 Å². The molecular weight excluding hydrogens is 698 g/mol. The van der Waals surface area contributed by atoms with Gasteiger partial charge in [-0.15, -0.1) is 0 Å². The van der Waals surface area contributed by atoms with Gasteiger partial charge in [0, 0.05) is 6.42 Å². The highest BCUT2D eigenvalue weighted by Crippen LogP contribution is 2.23. The van der Waals surface area contributed by atoms with E-state index in [0.717, 1.165) is 44.9 Å². The van der Waals surface area contributed by atoms with Crippen molar-refractivity contribution in [1.29, 1.82) is 0 Å². The summed E-state index contributed by atoms with van der Waals surface area (Å²) in [5.41, 5.74) is 0. The third-order valence-corrected chi connectivity index (χ3v) is 11.6. The third kappa shape index (κ3) is 26.7. The first-order valence-corrected chi connectivity index (χ1v) is 23.3. The number of amides is 1. The Balaban J connectivity index is 2.27. The number of hydrogen-bond donors (Lipinski definition) is 7. The lowest BCUT2D eigenvalue weighted by atomic mass is 9.98. The molecule has 2 unspecified atom stereocenters. The van der Waals surface area contributed by atoms with Crippen molar-refractivity contribution in [2.75, 3.05) is 13.2 Å². The number of unbranched alkanes of at least 4 members (excludes halogenated alkanes) is 28. The number of ether oxygens (including phenoxy) is 2. The highest BCUT2D eigenvalue weighted by Gasteiger charge is 2.44. The molecule has 10 nitrogen and oxygen atoms in total. The van der Waals surface area contributed by atoms with Crippen LogP contribution in [0.3, 0.4) is 0 Å². The lowest BCUT2D eigenvalue weighted by molar-refractivity contribution is -0.303. The minimum Gasteiger partial charge on any atom is -0.394 e. The topological polar surface area (TPSA) is 169 Å². The molecule has 0 bridgehead atoms. The lowest BCUT2D eigenvalue weighted by Crippen LogP contribution is -2.60. The molecule has 0 aromatic rings. The van der Waals surface area contributed by atoms with Gasteiger partial charge in [0.05, 0.1) is 25.4 Å². The number of aliphatic hydroxyl groups is 6. The molecule has 10 heteroatoms. The molecule has 1 aliphatic rings. The van der Waals surface area contributed by atoms with Crippen LogP contribution in [0.25, 0.3) is 0 Å². The zero-order valence-corrected chi connectivity index (χ0v) is 35.6. The van der Waals surface area contributed by atoms with Crippen molar-refractivity contribution in [2.24, 2.45) is 0 Å². The summed E-state index contributed by atoms with van der Waals surface area (Å²) in [4.78, 5) is 13.0. The molecule has 0 aromatic carbocycles. The van der Waals surface area contributed by atoms with Crippen LogP contribution in [0.15, 0.2) is 0 Å². The molecule has 8 atom stereocenters. The first-order chi connectivity index (χ1) is 26.8. The van der Waals surface area contributed by atoms with Crippen LogP contribution in [0.5, 0.6) is 0 Å². The van der Waals surface area contributed by atoms with E-state index in [0.29, 0.717) is 6.42 Å². The van der Waals surface area contributed by atoms with Crippen molar-refractivity contribution in [1.82, 2.24) is 5.32 Å². The first-order valence-electron chi connectivity index (χ1n) is 23.3. The molecule has 0 spiro atoms. The highest BCUT2D eigenvalue weighted by molar-refractivity contribution is 5.76. The predicted molar refractivity (Wildman–Crippen MR) is 223 cm³/mol. The Kier molecular flexibility index (Phi) is 34.4. The third-order valence-electron chi connectivity index (χ3n) is 11.6. The maximum atomic E-state index is 13.0. The van der Waals surface area contributed by atoms with Gasteiger partial charge in [0.2, 0.25) is 5.91 Å². The maximum Gasteiger partial charge on any atom is 0.220 e. The highest BCUT2D eigenvalue weighted by atomic mass is 16.7. The summed E-state index contributed by atoms with van der Waals surface area (Å²) in [6, 6.07) is -0.983. The van der Waals surface area contributed by atoms with Crippen molar-refractivity contribution >= 4 is 5.91 Å². The molecule has 0 radical (unpaired) electrons. The van der Waals surface area contributed by atoms with E-state index < -0.39 is 55.6 Å². The fraction of sp³-hybridized carbons (Fsp3) is 0.978. The summed E-state index contributed by atoms with van der Waals surface area (Å²) in [6.45, 7) is 3.58. The average molecular weight is 788 g/mol.